The van der Waals surface area contributed by atoms with E-state index in [2.05, 4.69) is 22.2 Å². The molecule has 16 nitrogen and oxygen atoms in total. The highest BCUT2D eigenvalue weighted by Gasteiger charge is 2.73. The van der Waals surface area contributed by atoms with Crippen molar-refractivity contribution in [3.8, 4) is 0 Å². The summed E-state index contributed by atoms with van der Waals surface area (Å²) in [5.41, 5.74) is -5.51. The van der Waals surface area contributed by atoms with E-state index >= 15 is 4.79 Å². The largest absolute Gasteiger partial charge is 0.461 e. The Morgan fingerprint density at radius 1 is 0.939 bits per heavy atom. The quantitative estimate of drug-likeness (QED) is 0.134. The lowest BCUT2D eigenvalue weighted by molar-refractivity contribution is -0.279. The van der Waals surface area contributed by atoms with Gasteiger partial charge in [-0.15, -0.1) is 0 Å². The van der Waals surface area contributed by atoms with Crippen molar-refractivity contribution >= 4 is 29.8 Å². The van der Waals surface area contributed by atoms with Crippen LogP contribution in [0.15, 0.2) is 71.8 Å². The number of benzene rings is 2. The molecule has 2 bridgehead atoms. The molecule has 4 N–H and O–H groups in total. The van der Waals surface area contributed by atoms with E-state index in [1.54, 1.807) is 109 Å². The number of carbonyl (C=O) groups excluding carboxylic acids is 5. The highest BCUT2D eigenvalue weighted by Crippen LogP contribution is 2.62. The third-order valence-electron chi connectivity index (χ3n) is 14.9. The Kier molecular flexibility index (Phi) is 14.3. The fourth-order valence-electron chi connectivity index (χ4n) is 11.0. The van der Waals surface area contributed by atoms with Gasteiger partial charge < -0.3 is 54.1 Å². The van der Waals surface area contributed by atoms with Crippen LogP contribution in [-0.4, -0.2) is 149 Å². The molecule has 0 aromatic heterocycles. The van der Waals surface area contributed by atoms with Crippen molar-refractivity contribution in [2.45, 2.75) is 128 Å². The molecule has 7 rings (SSSR count). The maximum atomic E-state index is 15.4. The molecule has 1 unspecified atom stereocenters. The average molecular weight is 918 g/mol. The summed E-state index contributed by atoms with van der Waals surface area (Å²) in [6.45, 7) is 16.0. The molecular formula is C50H67N3O13. The zero-order valence-corrected chi connectivity index (χ0v) is 39.4. The van der Waals surface area contributed by atoms with Crippen molar-refractivity contribution in [2.75, 3.05) is 46.4 Å². The Bertz CT molecular complexity index is 2150. The van der Waals surface area contributed by atoms with Crippen LogP contribution in [0.4, 0.5) is 4.79 Å². The van der Waals surface area contributed by atoms with Gasteiger partial charge in [-0.05, 0) is 83.5 Å². The number of rotatable bonds is 12. The summed E-state index contributed by atoms with van der Waals surface area (Å²) in [4.78, 5) is 75.3. The average Bonchev–Trinajstić information content (AvgIpc) is 3.25. The van der Waals surface area contributed by atoms with Gasteiger partial charge in [-0.1, -0.05) is 62.4 Å². The molecule has 2 aromatic rings. The third-order valence-corrected chi connectivity index (χ3v) is 14.9. The molecule has 3 aliphatic carbocycles. The Morgan fingerprint density at radius 2 is 1.58 bits per heavy atom. The third kappa shape index (κ3) is 9.54. The SMILES string of the molecule is CC1=C2[C@@H](O)C(=O)[C@@]3(C)C([C@@H]4CO[C@@H]4C[C@@H]3OC(=O)CCCN3CCN(C)CC3)[C@H](OC(=O)c3ccccc3)[C@](O)(C[C@@H]1OC(=O)[C@H](O)[C@@H](NC(=O)OC(C)(C)C)c1ccccc1)C2(C)C. The van der Waals surface area contributed by atoms with Gasteiger partial charge in [0, 0.05) is 62.7 Å². The molecule has 16 heteroatoms. The Balaban J connectivity index is 1.26. The molecule has 1 amide bonds. The number of aliphatic hydroxyl groups is 3. The van der Waals surface area contributed by atoms with Gasteiger partial charge in [-0.2, -0.15) is 0 Å². The van der Waals surface area contributed by atoms with Crippen LogP contribution in [0, 0.1) is 22.7 Å². The van der Waals surface area contributed by atoms with Crippen LogP contribution in [0.1, 0.15) is 96.1 Å². The number of aliphatic hydroxyl groups excluding tert-OH is 2. The van der Waals surface area contributed by atoms with Gasteiger partial charge in [-0.3, -0.25) is 9.59 Å². The van der Waals surface area contributed by atoms with E-state index in [1.807, 2.05) is 0 Å². The first-order valence-electron chi connectivity index (χ1n) is 23.1. The molecule has 2 heterocycles. The summed E-state index contributed by atoms with van der Waals surface area (Å²) in [6, 6.07) is 15.2. The minimum absolute atomic E-state index is 0.0321. The minimum atomic E-state index is -2.18. The number of nitrogens with one attached hydrogen (secondary N) is 1. The molecule has 2 saturated heterocycles. The van der Waals surface area contributed by atoms with Crippen LogP contribution in [-0.2, 0) is 38.1 Å². The van der Waals surface area contributed by atoms with E-state index < -0.39 is 113 Å². The van der Waals surface area contributed by atoms with E-state index in [-0.39, 0.29) is 36.2 Å². The normalized spacial score (nSPS) is 31.9. The van der Waals surface area contributed by atoms with Gasteiger partial charge >= 0.3 is 24.0 Å². The predicted octanol–water partition coefficient (Wildman–Crippen LogP) is 4.15. The van der Waals surface area contributed by atoms with Crippen molar-refractivity contribution in [3.05, 3.63) is 82.9 Å². The summed E-state index contributed by atoms with van der Waals surface area (Å²) >= 11 is 0. The second-order valence-corrected chi connectivity index (χ2v) is 20.5. The number of hydrogen-bond donors (Lipinski definition) is 4. The monoisotopic (exact) mass is 917 g/mol. The predicted molar refractivity (Wildman–Crippen MR) is 240 cm³/mol. The molecule has 2 aromatic carbocycles. The summed E-state index contributed by atoms with van der Waals surface area (Å²) < 4.78 is 30.4. The highest BCUT2D eigenvalue weighted by atomic mass is 16.6. The lowest BCUT2D eigenvalue weighted by atomic mass is 9.46. The van der Waals surface area contributed by atoms with Gasteiger partial charge in [0.1, 0.15) is 35.6 Å². The molecule has 5 aliphatic rings. The molecule has 4 fully saturated rings. The number of amides is 1. The number of hydrogen-bond acceptors (Lipinski definition) is 15. The number of carbonyl (C=O) groups is 5. The van der Waals surface area contributed by atoms with Crippen molar-refractivity contribution in [3.63, 3.8) is 0 Å². The Morgan fingerprint density at radius 3 is 2.18 bits per heavy atom. The summed E-state index contributed by atoms with van der Waals surface area (Å²) in [7, 11) is 2.07. The van der Waals surface area contributed by atoms with Crippen LogP contribution < -0.4 is 5.32 Å². The highest BCUT2D eigenvalue weighted by molar-refractivity contribution is 5.94. The molecule has 2 saturated carbocycles. The topological polar surface area (TPSA) is 211 Å². The number of ether oxygens (including phenoxy) is 5. The van der Waals surface area contributed by atoms with Crippen molar-refractivity contribution < 1.29 is 63.0 Å². The summed E-state index contributed by atoms with van der Waals surface area (Å²) in [5.74, 6) is -4.78. The Hall–Kier alpha value is -4.71. The number of fused-ring (bicyclic) bond motifs is 5. The zero-order valence-electron chi connectivity index (χ0n) is 39.4. The van der Waals surface area contributed by atoms with E-state index in [0.717, 1.165) is 26.2 Å². The van der Waals surface area contributed by atoms with E-state index in [4.69, 9.17) is 23.7 Å². The number of esters is 3. The second-order valence-electron chi connectivity index (χ2n) is 20.5. The van der Waals surface area contributed by atoms with Gasteiger partial charge in [0.15, 0.2) is 11.9 Å². The summed E-state index contributed by atoms with van der Waals surface area (Å²) in [5, 5.41) is 40.4. The maximum Gasteiger partial charge on any atom is 0.408 e. The number of ketones is 1. The molecule has 0 spiro atoms. The number of nitrogens with zero attached hydrogens (tertiary/aromatic N) is 2. The molecule has 66 heavy (non-hydrogen) atoms. The smallest absolute Gasteiger partial charge is 0.408 e. The first-order valence-corrected chi connectivity index (χ1v) is 23.1. The van der Waals surface area contributed by atoms with Crippen LogP contribution in [0.3, 0.4) is 0 Å². The fraction of sp³-hybridized carbons (Fsp3) is 0.620. The van der Waals surface area contributed by atoms with Crippen LogP contribution in [0.25, 0.3) is 0 Å². The van der Waals surface area contributed by atoms with Crippen molar-refractivity contribution in [2.24, 2.45) is 22.7 Å². The first-order chi connectivity index (χ1) is 31.1. The molecule has 360 valence electrons. The van der Waals surface area contributed by atoms with Crippen LogP contribution >= 0.6 is 0 Å². The minimum Gasteiger partial charge on any atom is -0.461 e. The second kappa shape index (κ2) is 19.1. The number of likely N-dealkylation sites (N-methyl/N-ethyl adjacent to an activating group) is 1. The van der Waals surface area contributed by atoms with Crippen LogP contribution in [0.5, 0.6) is 0 Å². The molecule has 2 aliphatic heterocycles. The van der Waals surface area contributed by atoms with Gasteiger partial charge in [0.05, 0.1) is 29.7 Å². The first kappa shape index (κ1) is 49.2. The Labute approximate surface area is 386 Å². The fourth-order valence-corrected chi connectivity index (χ4v) is 11.0. The van der Waals surface area contributed by atoms with Crippen molar-refractivity contribution in [1.29, 1.82) is 0 Å². The van der Waals surface area contributed by atoms with E-state index in [9.17, 15) is 34.5 Å². The van der Waals surface area contributed by atoms with Crippen molar-refractivity contribution in [1.82, 2.24) is 15.1 Å². The molecular weight excluding hydrogens is 851 g/mol. The van der Waals surface area contributed by atoms with Gasteiger partial charge in [0.2, 0.25) is 0 Å². The maximum absolute atomic E-state index is 15.4. The number of piperazine rings is 1. The lowest BCUT2D eigenvalue weighted by Gasteiger charge is -2.64. The molecule has 11 atom stereocenters. The van der Waals surface area contributed by atoms with E-state index in [1.165, 1.54) is 0 Å². The number of alkyl carbamates (subject to hydrolysis) is 1. The number of Topliss-reactive ketones (excluding diaryl/α,β-unsaturated/α-hetero) is 1. The standard InChI is InChI=1S/C50H67N3O13/c1-29-34(63-45(59)41(56)39(30-16-11-9-12-17-30)51-46(60)66-47(2,3)4)27-50(61)43(65-44(58)31-18-13-10-14-19-31)38-32-28-62-33(32)26-35(49(38,7)42(57)40(55)37(29)48(50,5)6)64-36(54)20-15-21-53-24-22-52(8)23-25-53/h9-14,16-19,32-35,38-41,43,55-56,61H,15,20-28H2,1-8H3,(H,51,60)/t32-,33-,34+,35+,38?,39+,40-,41-,43+,49-,50-/m1/s1. The summed E-state index contributed by atoms with van der Waals surface area (Å²) in [6.07, 6.45) is -9.05. The molecule has 0 radical (unpaired) electrons. The van der Waals surface area contributed by atoms with Gasteiger partial charge in [-0.25, -0.2) is 14.4 Å². The van der Waals surface area contributed by atoms with E-state index in [0.29, 0.717) is 18.5 Å². The lowest BCUT2D eigenvalue weighted by Crippen LogP contribution is -2.75. The zero-order chi connectivity index (χ0) is 47.9. The van der Waals surface area contributed by atoms with Gasteiger partial charge in [0.25, 0.3) is 0 Å². The van der Waals surface area contributed by atoms with Crippen LogP contribution in [0.2, 0.25) is 0 Å².